The van der Waals surface area contributed by atoms with Crippen LogP contribution in [0.5, 0.6) is 5.75 Å². The number of nitrogens with zero attached hydrogens (tertiary/aromatic N) is 2. The molecule has 1 N–H and O–H groups in total. The fourth-order valence-electron chi connectivity index (χ4n) is 4.08. The molecule has 0 saturated carbocycles. The summed E-state index contributed by atoms with van der Waals surface area (Å²) < 4.78 is 5.33. The van der Waals surface area contributed by atoms with E-state index < -0.39 is 6.10 Å². The van der Waals surface area contributed by atoms with Crippen molar-refractivity contribution in [2.75, 3.05) is 20.2 Å². The lowest BCUT2D eigenvalue weighted by Gasteiger charge is -2.47. The number of ether oxygens (including phenoxy) is 1. The number of aliphatic hydroxyl groups is 1. The number of hydrogen-bond acceptors (Lipinski definition) is 4. The lowest BCUT2D eigenvalue weighted by atomic mass is 9.79. The predicted octanol–water partition coefficient (Wildman–Crippen LogP) is 2.76. The second-order valence-corrected chi connectivity index (χ2v) is 6.51. The molecule has 1 aromatic heterocycles. The van der Waals surface area contributed by atoms with Gasteiger partial charge < -0.3 is 9.84 Å². The van der Waals surface area contributed by atoms with E-state index >= 15 is 0 Å². The minimum Gasteiger partial charge on any atom is -0.497 e. The molecule has 22 heavy (non-hydrogen) atoms. The minimum absolute atomic E-state index is 0.240. The molecule has 3 aliphatic heterocycles. The molecular weight excluding hydrogens is 276 g/mol. The van der Waals surface area contributed by atoms with Crippen molar-refractivity contribution in [1.29, 1.82) is 0 Å². The van der Waals surface area contributed by atoms with Crippen LogP contribution >= 0.6 is 0 Å². The van der Waals surface area contributed by atoms with E-state index in [1.54, 1.807) is 13.3 Å². The Labute approximate surface area is 130 Å². The van der Waals surface area contributed by atoms with Crippen molar-refractivity contribution in [1.82, 2.24) is 9.88 Å². The second-order valence-electron chi connectivity index (χ2n) is 6.51. The van der Waals surface area contributed by atoms with Gasteiger partial charge in [-0.3, -0.25) is 9.88 Å². The second kappa shape index (κ2) is 5.52. The monoisotopic (exact) mass is 298 g/mol. The van der Waals surface area contributed by atoms with Gasteiger partial charge in [-0.2, -0.15) is 0 Å². The molecule has 3 aliphatic rings. The van der Waals surface area contributed by atoms with Crippen LogP contribution in [0.25, 0.3) is 10.9 Å². The summed E-state index contributed by atoms with van der Waals surface area (Å²) in [7, 11) is 1.67. The van der Waals surface area contributed by atoms with E-state index in [9.17, 15) is 5.11 Å². The lowest BCUT2D eigenvalue weighted by Crippen LogP contribution is -2.51. The van der Waals surface area contributed by atoms with E-state index in [0.717, 1.165) is 47.6 Å². The number of aliphatic hydroxyl groups excluding tert-OH is 1. The first kappa shape index (κ1) is 14.0. The Kier molecular flexibility index (Phi) is 3.51. The molecule has 0 radical (unpaired) electrons. The number of hydrogen-bond donors (Lipinski definition) is 1. The molecule has 3 fully saturated rings. The van der Waals surface area contributed by atoms with Crippen molar-refractivity contribution >= 4 is 10.9 Å². The third kappa shape index (κ3) is 2.27. The summed E-state index contributed by atoms with van der Waals surface area (Å²) in [5, 5.41) is 12.0. The highest BCUT2D eigenvalue weighted by molar-refractivity contribution is 5.83. The van der Waals surface area contributed by atoms with E-state index in [1.165, 1.54) is 12.8 Å². The molecule has 4 nitrogen and oxygen atoms in total. The number of pyridine rings is 1. The van der Waals surface area contributed by atoms with Crippen molar-refractivity contribution in [3.63, 3.8) is 0 Å². The highest BCUT2D eigenvalue weighted by Gasteiger charge is 2.38. The molecule has 2 atom stereocenters. The third-order valence-corrected chi connectivity index (χ3v) is 5.36. The summed E-state index contributed by atoms with van der Waals surface area (Å²) in [5.41, 5.74) is 1.88. The normalized spacial score (nSPS) is 28.7. The quantitative estimate of drug-likeness (QED) is 0.946. The van der Waals surface area contributed by atoms with Gasteiger partial charge in [0.1, 0.15) is 5.75 Å². The van der Waals surface area contributed by atoms with Crippen molar-refractivity contribution in [2.24, 2.45) is 5.92 Å². The van der Waals surface area contributed by atoms with Gasteiger partial charge in [0.2, 0.25) is 0 Å². The molecule has 4 heterocycles. The number of piperidine rings is 3. The summed E-state index contributed by atoms with van der Waals surface area (Å²) >= 11 is 0. The molecule has 1 aromatic carbocycles. The maximum Gasteiger partial charge on any atom is 0.119 e. The van der Waals surface area contributed by atoms with Gasteiger partial charge in [-0.05, 0) is 68.1 Å². The topological polar surface area (TPSA) is 45.6 Å². The zero-order chi connectivity index (χ0) is 15.1. The van der Waals surface area contributed by atoms with Gasteiger partial charge in [0.25, 0.3) is 0 Å². The molecule has 0 spiro atoms. The fourth-order valence-corrected chi connectivity index (χ4v) is 4.08. The van der Waals surface area contributed by atoms with E-state index in [2.05, 4.69) is 9.88 Å². The maximum atomic E-state index is 11.0. The Hall–Kier alpha value is -1.65. The van der Waals surface area contributed by atoms with Crippen molar-refractivity contribution in [2.45, 2.75) is 31.4 Å². The Morgan fingerprint density at radius 3 is 2.77 bits per heavy atom. The Balaban J connectivity index is 1.73. The van der Waals surface area contributed by atoms with Crippen LogP contribution in [0.2, 0.25) is 0 Å². The van der Waals surface area contributed by atoms with Crippen LogP contribution in [-0.4, -0.2) is 41.2 Å². The number of rotatable bonds is 3. The standard InChI is InChI=1S/C18H22N2O2/c1-22-13-2-3-16-15(11-13)14(4-7-19-16)18(21)17-10-12-5-8-20(17)9-6-12/h2-4,7,11-12,17-18,21H,5-6,8-10H2,1H3. The summed E-state index contributed by atoms with van der Waals surface area (Å²) in [6, 6.07) is 8.05. The SMILES string of the molecule is COc1ccc2nccc(C(O)C3CC4CCN3CC4)c2c1. The highest BCUT2D eigenvalue weighted by Crippen LogP contribution is 2.39. The van der Waals surface area contributed by atoms with E-state index in [0.29, 0.717) is 0 Å². The smallest absolute Gasteiger partial charge is 0.119 e. The van der Waals surface area contributed by atoms with Crippen LogP contribution in [0.1, 0.15) is 30.9 Å². The summed E-state index contributed by atoms with van der Waals surface area (Å²) in [6.45, 7) is 2.25. The number of benzene rings is 1. The van der Waals surface area contributed by atoms with Gasteiger partial charge in [0.05, 0.1) is 18.7 Å². The molecule has 2 aromatic rings. The van der Waals surface area contributed by atoms with Crippen LogP contribution in [0.3, 0.4) is 0 Å². The van der Waals surface area contributed by atoms with E-state index in [4.69, 9.17) is 4.74 Å². The molecular formula is C18H22N2O2. The molecule has 0 amide bonds. The number of fused-ring (bicyclic) bond motifs is 4. The van der Waals surface area contributed by atoms with Crippen molar-refractivity contribution < 1.29 is 9.84 Å². The summed E-state index contributed by atoms with van der Waals surface area (Å²) in [4.78, 5) is 6.87. The predicted molar refractivity (Wildman–Crippen MR) is 86.0 cm³/mol. The number of methoxy groups -OCH3 is 1. The van der Waals surface area contributed by atoms with Crippen LogP contribution in [-0.2, 0) is 0 Å². The van der Waals surface area contributed by atoms with Crippen LogP contribution in [0.4, 0.5) is 0 Å². The Bertz CT molecular complexity index is 680. The highest BCUT2D eigenvalue weighted by atomic mass is 16.5. The average Bonchev–Trinajstić information content (AvgIpc) is 2.61. The van der Waals surface area contributed by atoms with Gasteiger partial charge in [-0.15, -0.1) is 0 Å². The summed E-state index contributed by atoms with van der Waals surface area (Å²) in [6.07, 6.45) is 5.02. The van der Waals surface area contributed by atoms with Gasteiger partial charge >= 0.3 is 0 Å². The Morgan fingerprint density at radius 2 is 2.09 bits per heavy atom. The first-order valence-electron chi connectivity index (χ1n) is 8.11. The summed E-state index contributed by atoms with van der Waals surface area (Å²) in [5.74, 6) is 1.59. The van der Waals surface area contributed by atoms with Crippen molar-refractivity contribution in [3.05, 3.63) is 36.0 Å². The molecule has 116 valence electrons. The molecule has 3 saturated heterocycles. The van der Waals surface area contributed by atoms with Crippen LogP contribution < -0.4 is 4.74 Å². The minimum atomic E-state index is -0.458. The van der Waals surface area contributed by atoms with Gasteiger partial charge in [-0.1, -0.05) is 0 Å². The van der Waals surface area contributed by atoms with E-state index in [1.807, 2.05) is 24.3 Å². The van der Waals surface area contributed by atoms with Crippen LogP contribution in [0, 0.1) is 5.92 Å². The molecule has 2 unspecified atom stereocenters. The zero-order valence-electron chi connectivity index (χ0n) is 12.9. The number of aromatic nitrogens is 1. The lowest BCUT2D eigenvalue weighted by molar-refractivity contribution is -0.0263. The largest absolute Gasteiger partial charge is 0.497 e. The van der Waals surface area contributed by atoms with Crippen molar-refractivity contribution in [3.8, 4) is 5.75 Å². The first-order valence-corrected chi connectivity index (χ1v) is 8.11. The average molecular weight is 298 g/mol. The fraction of sp³-hybridized carbons (Fsp3) is 0.500. The Morgan fingerprint density at radius 1 is 1.27 bits per heavy atom. The van der Waals surface area contributed by atoms with Crippen LogP contribution in [0.15, 0.2) is 30.5 Å². The molecule has 4 heteroatoms. The molecule has 5 rings (SSSR count). The molecule has 0 aliphatic carbocycles. The molecule has 2 bridgehead atoms. The zero-order valence-corrected chi connectivity index (χ0v) is 12.9. The van der Waals surface area contributed by atoms with E-state index in [-0.39, 0.29) is 6.04 Å². The third-order valence-electron chi connectivity index (χ3n) is 5.36. The first-order chi connectivity index (χ1) is 10.8. The van der Waals surface area contributed by atoms with Gasteiger partial charge in [0, 0.05) is 17.6 Å². The maximum absolute atomic E-state index is 11.0. The van der Waals surface area contributed by atoms with Gasteiger partial charge in [-0.25, -0.2) is 0 Å². The van der Waals surface area contributed by atoms with Gasteiger partial charge in [0.15, 0.2) is 0 Å².